The molecule has 0 bridgehead atoms. The van der Waals surface area contributed by atoms with E-state index in [1.165, 1.54) is 28.9 Å². The third kappa shape index (κ3) is 4.52. The molecular formula is C27H22FN5O4S. The number of para-hydroxylation sites is 1. The lowest BCUT2D eigenvalue weighted by Crippen LogP contribution is -2.36. The molecule has 2 aromatic carbocycles. The first-order valence-corrected chi connectivity index (χ1v) is 12.4. The number of carbonyl (C=O) groups is 3. The van der Waals surface area contributed by atoms with Crippen molar-refractivity contribution in [1.29, 1.82) is 0 Å². The number of benzene rings is 2. The predicted octanol–water partition coefficient (Wildman–Crippen LogP) is 4.25. The second-order valence-electron chi connectivity index (χ2n) is 8.75. The summed E-state index contributed by atoms with van der Waals surface area (Å²) in [5.41, 5.74) is 2.77. The van der Waals surface area contributed by atoms with E-state index in [1.807, 2.05) is 19.1 Å². The third-order valence-corrected chi connectivity index (χ3v) is 7.05. The quantitative estimate of drug-likeness (QED) is 0.386. The average Bonchev–Trinajstić information content (AvgIpc) is 3.30. The van der Waals surface area contributed by atoms with Crippen molar-refractivity contribution in [2.24, 2.45) is 0 Å². The van der Waals surface area contributed by atoms with Gasteiger partial charge in [0.05, 0.1) is 15.8 Å². The monoisotopic (exact) mass is 531 g/mol. The molecular weight excluding hydrogens is 509 g/mol. The molecule has 0 radical (unpaired) electrons. The van der Waals surface area contributed by atoms with E-state index >= 15 is 0 Å². The zero-order valence-electron chi connectivity index (χ0n) is 20.7. The highest BCUT2D eigenvalue weighted by molar-refractivity contribution is 8.18. The fourth-order valence-electron chi connectivity index (χ4n) is 4.36. The number of carbonyl (C=O) groups excluding carboxylic acids is 3. The Bertz CT molecular complexity index is 1720. The van der Waals surface area contributed by atoms with Crippen LogP contribution in [0.5, 0.6) is 0 Å². The van der Waals surface area contributed by atoms with Crippen LogP contribution < -0.4 is 10.9 Å². The molecule has 1 saturated heterocycles. The van der Waals surface area contributed by atoms with Gasteiger partial charge in [-0.1, -0.05) is 12.1 Å². The Balaban J connectivity index is 1.42. The number of nitrogens with zero attached hydrogens (tertiary/aromatic N) is 4. The molecule has 11 heteroatoms. The molecule has 5 rings (SSSR count). The molecule has 0 unspecified atom stereocenters. The van der Waals surface area contributed by atoms with E-state index in [-0.39, 0.29) is 10.5 Å². The molecule has 3 amide bonds. The summed E-state index contributed by atoms with van der Waals surface area (Å²) in [5, 5.41) is 2.45. The Morgan fingerprint density at radius 3 is 2.47 bits per heavy atom. The topological polar surface area (TPSA) is 106 Å². The van der Waals surface area contributed by atoms with Crippen LogP contribution >= 0.6 is 11.8 Å². The zero-order chi connectivity index (χ0) is 27.1. The number of imide groups is 1. The van der Waals surface area contributed by atoms with Gasteiger partial charge in [0.25, 0.3) is 16.7 Å². The maximum absolute atomic E-state index is 13.3. The number of rotatable bonds is 5. The molecule has 0 aliphatic carbocycles. The van der Waals surface area contributed by atoms with E-state index in [0.29, 0.717) is 33.7 Å². The van der Waals surface area contributed by atoms with Crippen molar-refractivity contribution in [3.8, 4) is 0 Å². The van der Waals surface area contributed by atoms with Crippen LogP contribution in [0.3, 0.4) is 0 Å². The lowest BCUT2D eigenvalue weighted by molar-refractivity contribution is -0.127. The lowest BCUT2D eigenvalue weighted by Gasteiger charge is -2.16. The third-order valence-electron chi connectivity index (χ3n) is 6.14. The maximum atomic E-state index is 13.3. The summed E-state index contributed by atoms with van der Waals surface area (Å²) >= 11 is 0.733. The van der Waals surface area contributed by atoms with E-state index in [2.05, 4.69) is 10.3 Å². The molecule has 192 valence electrons. The van der Waals surface area contributed by atoms with E-state index in [0.717, 1.165) is 22.4 Å². The number of anilines is 1. The Morgan fingerprint density at radius 1 is 1.03 bits per heavy atom. The first kappa shape index (κ1) is 25.2. The van der Waals surface area contributed by atoms with Crippen molar-refractivity contribution in [2.75, 3.05) is 11.9 Å². The molecule has 1 N–H and O–H groups in total. The van der Waals surface area contributed by atoms with Crippen LogP contribution in [-0.4, -0.2) is 42.8 Å². The smallest absolute Gasteiger partial charge is 0.294 e. The van der Waals surface area contributed by atoms with Gasteiger partial charge in [0.2, 0.25) is 5.91 Å². The van der Waals surface area contributed by atoms with Gasteiger partial charge in [-0.3, -0.25) is 28.8 Å². The lowest BCUT2D eigenvalue weighted by atomic mass is 10.2. The predicted molar refractivity (Wildman–Crippen MR) is 143 cm³/mol. The number of fused-ring (bicyclic) bond motifs is 1. The Labute approximate surface area is 220 Å². The van der Waals surface area contributed by atoms with Crippen molar-refractivity contribution in [1.82, 2.24) is 19.2 Å². The summed E-state index contributed by atoms with van der Waals surface area (Å²) in [7, 11) is 0. The highest BCUT2D eigenvalue weighted by atomic mass is 32.2. The number of halogens is 1. The average molecular weight is 532 g/mol. The summed E-state index contributed by atoms with van der Waals surface area (Å²) in [6.07, 6.45) is 1.58. The summed E-state index contributed by atoms with van der Waals surface area (Å²) in [6.45, 7) is 4.90. The number of thioether (sulfide) groups is 1. The maximum Gasteiger partial charge on any atom is 0.294 e. The second kappa shape index (κ2) is 9.75. The summed E-state index contributed by atoms with van der Waals surface area (Å²) in [5.74, 6) is -1.14. The fourth-order valence-corrected chi connectivity index (χ4v) is 5.19. The van der Waals surface area contributed by atoms with Crippen molar-refractivity contribution in [3.63, 3.8) is 0 Å². The summed E-state index contributed by atoms with van der Waals surface area (Å²) in [6, 6.07) is 14.1. The van der Waals surface area contributed by atoms with Gasteiger partial charge in [0.1, 0.15) is 18.2 Å². The van der Waals surface area contributed by atoms with Crippen LogP contribution in [0.15, 0.2) is 64.3 Å². The molecule has 0 atom stereocenters. The van der Waals surface area contributed by atoms with Crippen molar-refractivity contribution in [3.05, 3.63) is 98.4 Å². The van der Waals surface area contributed by atoms with Crippen LogP contribution in [0.25, 0.3) is 17.0 Å². The fraction of sp³-hybridized carbons (Fsp3) is 0.148. The Hall–Kier alpha value is -4.51. The standard InChI is InChI=1S/C27H22FN5O4S/c1-15-12-18(16(2)32(15)33-17(3)29-22-7-5-4-6-21(22)25(33)35)13-23-26(36)31(27(37)38-23)14-24(34)30-20-10-8-19(28)9-11-20/h4-13H,14H2,1-3H3,(H,30,34). The van der Waals surface area contributed by atoms with E-state index in [4.69, 9.17) is 0 Å². The molecule has 1 aliphatic heterocycles. The molecule has 9 nitrogen and oxygen atoms in total. The molecule has 1 fully saturated rings. The minimum absolute atomic E-state index is 0.158. The number of amides is 3. The van der Waals surface area contributed by atoms with Gasteiger partial charge in [-0.15, -0.1) is 0 Å². The summed E-state index contributed by atoms with van der Waals surface area (Å²) in [4.78, 5) is 56.8. The number of aryl methyl sites for hydroxylation is 2. The van der Waals surface area contributed by atoms with Gasteiger partial charge >= 0.3 is 0 Å². The van der Waals surface area contributed by atoms with Crippen molar-refractivity contribution < 1.29 is 18.8 Å². The normalized spacial score (nSPS) is 14.6. The van der Waals surface area contributed by atoms with Gasteiger partial charge in [0.15, 0.2) is 0 Å². The van der Waals surface area contributed by atoms with E-state index in [9.17, 15) is 23.6 Å². The molecule has 38 heavy (non-hydrogen) atoms. The van der Waals surface area contributed by atoms with Crippen LogP contribution in [0.4, 0.5) is 14.9 Å². The molecule has 0 saturated carbocycles. The van der Waals surface area contributed by atoms with Crippen LogP contribution in [0.2, 0.25) is 0 Å². The highest BCUT2D eigenvalue weighted by Gasteiger charge is 2.36. The number of nitrogens with one attached hydrogen (secondary N) is 1. The van der Waals surface area contributed by atoms with Crippen molar-refractivity contribution in [2.45, 2.75) is 20.8 Å². The van der Waals surface area contributed by atoms with Gasteiger partial charge < -0.3 is 5.32 Å². The van der Waals surface area contributed by atoms with E-state index < -0.39 is 29.4 Å². The Kier molecular flexibility index (Phi) is 6.45. The van der Waals surface area contributed by atoms with Gasteiger partial charge in [-0.05, 0) is 86.6 Å². The minimum atomic E-state index is -0.597. The number of hydrogen-bond acceptors (Lipinski definition) is 6. The molecule has 1 aliphatic rings. The summed E-state index contributed by atoms with van der Waals surface area (Å²) < 4.78 is 16.3. The number of aromatic nitrogens is 3. The molecule has 3 heterocycles. The molecule has 4 aromatic rings. The zero-order valence-corrected chi connectivity index (χ0v) is 21.5. The van der Waals surface area contributed by atoms with Gasteiger partial charge in [0, 0.05) is 17.1 Å². The Morgan fingerprint density at radius 2 is 1.74 bits per heavy atom. The minimum Gasteiger partial charge on any atom is -0.325 e. The van der Waals surface area contributed by atoms with Gasteiger partial charge in [-0.2, -0.15) is 4.68 Å². The SMILES string of the molecule is Cc1cc(C=C2SC(=O)N(CC(=O)Nc3ccc(F)cc3)C2=O)c(C)n1-n1c(C)nc2ccccc2c1=O. The highest BCUT2D eigenvalue weighted by Crippen LogP contribution is 2.33. The second-order valence-corrected chi connectivity index (χ2v) is 9.75. The molecule has 0 spiro atoms. The van der Waals surface area contributed by atoms with Crippen LogP contribution in [0, 0.1) is 26.6 Å². The van der Waals surface area contributed by atoms with Gasteiger partial charge in [-0.25, -0.2) is 9.37 Å². The number of hydrogen-bond donors (Lipinski definition) is 1. The molecule has 2 aromatic heterocycles. The van der Waals surface area contributed by atoms with Crippen molar-refractivity contribution >= 4 is 51.5 Å². The van der Waals surface area contributed by atoms with Crippen LogP contribution in [0.1, 0.15) is 22.8 Å². The first-order valence-electron chi connectivity index (χ1n) is 11.6. The van der Waals surface area contributed by atoms with Crippen LogP contribution in [-0.2, 0) is 9.59 Å². The van der Waals surface area contributed by atoms with E-state index in [1.54, 1.807) is 42.8 Å². The largest absolute Gasteiger partial charge is 0.325 e. The first-order chi connectivity index (χ1) is 18.1.